The van der Waals surface area contributed by atoms with Crippen LogP contribution in [-0.4, -0.2) is 37.5 Å². The summed E-state index contributed by atoms with van der Waals surface area (Å²) in [4.78, 5) is 14.3. The van der Waals surface area contributed by atoms with Crippen LogP contribution in [0.1, 0.15) is 25.5 Å². The first-order chi connectivity index (χ1) is 8.91. The van der Waals surface area contributed by atoms with Crippen molar-refractivity contribution in [1.29, 1.82) is 0 Å². The van der Waals surface area contributed by atoms with Crippen LogP contribution in [0.25, 0.3) is 0 Å². The van der Waals surface area contributed by atoms with Crippen molar-refractivity contribution in [1.82, 2.24) is 10.2 Å². The number of nitrogens with zero attached hydrogens (tertiary/aromatic N) is 1. The molecule has 19 heavy (non-hydrogen) atoms. The van der Waals surface area contributed by atoms with Crippen molar-refractivity contribution >= 4 is 5.91 Å². The first-order valence-electron chi connectivity index (χ1n) is 6.67. The van der Waals surface area contributed by atoms with E-state index in [-0.39, 0.29) is 11.9 Å². The molecule has 0 heterocycles. The summed E-state index contributed by atoms with van der Waals surface area (Å²) in [5.74, 6) is 0.251. The van der Waals surface area contributed by atoms with E-state index in [2.05, 4.69) is 24.1 Å². The predicted molar refractivity (Wildman–Crippen MR) is 78.7 cm³/mol. The highest BCUT2D eigenvalue weighted by Gasteiger charge is 2.21. The van der Waals surface area contributed by atoms with Gasteiger partial charge < -0.3 is 16.0 Å². The van der Waals surface area contributed by atoms with E-state index >= 15 is 0 Å². The zero-order valence-electron chi connectivity index (χ0n) is 12.3. The summed E-state index contributed by atoms with van der Waals surface area (Å²) >= 11 is 0. The second-order valence-corrected chi connectivity index (χ2v) is 5.51. The minimum absolute atomic E-state index is 0.109. The maximum absolute atomic E-state index is 12.2. The van der Waals surface area contributed by atoms with E-state index in [1.54, 1.807) is 0 Å². The zero-order chi connectivity index (χ0) is 14.4. The lowest BCUT2D eigenvalue weighted by atomic mass is 10.0. The Balaban J connectivity index is 2.66. The van der Waals surface area contributed by atoms with Gasteiger partial charge in [-0.3, -0.25) is 4.79 Å². The van der Waals surface area contributed by atoms with Gasteiger partial charge in [-0.05, 0) is 25.6 Å². The largest absolute Gasteiger partial charge is 0.350 e. The highest BCUT2D eigenvalue weighted by atomic mass is 16.2. The molecule has 0 saturated heterocycles. The second kappa shape index (κ2) is 7.26. The molecule has 1 aromatic rings. The van der Waals surface area contributed by atoms with Crippen LogP contribution in [0.3, 0.4) is 0 Å². The Morgan fingerprint density at radius 3 is 2.32 bits per heavy atom. The number of carbonyl (C=O) groups excluding carboxylic acids is 1. The number of likely N-dealkylation sites (N-methyl/N-ethyl adjacent to an activating group) is 1. The number of rotatable bonds is 6. The molecule has 1 rings (SSSR count). The molecule has 3 N–H and O–H groups in total. The molecule has 0 aromatic heterocycles. The highest BCUT2D eigenvalue weighted by Crippen LogP contribution is 2.11. The van der Waals surface area contributed by atoms with Gasteiger partial charge in [0.1, 0.15) is 6.04 Å². The number of hydrogen-bond donors (Lipinski definition) is 2. The predicted octanol–water partition coefficient (Wildman–Crippen LogP) is 1.39. The highest BCUT2D eigenvalue weighted by molar-refractivity contribution is 5.83. The Kier molecular flexibility index (Phi) is 5.99. The summed E-state index contributed by atoms with van der Waals surface area (Å²) < 4.78 is 0. The van der Waals surface area contributed by atoms with Gasteiger partial charge in [0.05, 0.1) is 0 Å². The van der Waals surface area contributed by atoms with E-state index in [9.17, 15) is 4.79 Å². The molecule has 0 radical (unpaired) electrons. The van der Waals surface area contributed by atoms with Crippen LogP contribution in [0.5, 0.6) is 0 Å². The molecule has 0 fully saturated rings. The van der Waals surface area contributed by atoms with Crippen LogP contribution in [0.2, 0.25) is 0 Å². The molecule has 0 saturated carbocycles. The van der Waals surface area contributed by atoms with Crippen LogP contribution < -0.4 is 11.1 Å². The van der Waals surface area contributed by atoms with Crippen molar-refractivity contribution in [3.8, 4) is 0 Å². The Morgan fingerprint density at radius 2 is 1.84 bits per heavy atom. The normalized spacial score (nSPS) is 14.5. The summed E-state index contributed by atoms with van der Waals surface area (Å²) in [6.07, 6.45) is 0. The van der Waals surface area contributed by atoms with Crippen molar-refractivity contribution in [2.45, 2.75) is 25.9 Å². The molecular weight excluding hydrogens is 238 g/mol. The summed E-state index contributed by atoms with van der Waals surface area (Å²) in [5.41, 5.74) is 6.83. The number of nitrogens with one attached hydrogen (secondary N) is 1. The third-order valence-electron chi connectivity index (χ3n) is 3.14. The van der Waals surface area contributed by atoms with Gasteiger partial charge in [0.15, 0.2) is 0 Å². The molecule has 0 bridgehead atoms. The third-order valence-corrected chi connectivity index (χ3v) is 3.14. The molecule has 106 valence electrons. The smallest absolute Gasteiger partial charge is 0.241 e. The van der Waals surface area contributed by atoms with E-state index in [1.165, 1.54) is 0 Å². The fourth-order valence-electron chi connectivity index (χ4n) is 1.90. The molecule has 1 amide bonds. The summed E-state index contributed by atoms with van der Waals surface area (Å²) in [6.45, 7) is 5.01. The fourth-order valence-corrected chi connectivity index (χ4v) is 1.90. The van der Waals surface area contributed by atoms with Crippen molar-refractivity contribution < 1.29 is 4.79 Å². The molecule has 0 spiro atoms. The molecule has 0 aliphatic rings. The molecule has 0 aliphatic carbocycles. The van der Waals surface area contributed by atoms with E-state index in [4.69, 9.17) is 5.73 Å². The van der Waals surface area contributed by atoms with Crippen LogP contribution in [0, 0.1) is 5.92 Å². The molecule has 1 unspecified atom stereocenters. The summed E-state index contributed by atoms with van der Waals surface area (Å²) in [5, 5.41) is 3.04. The standard InChI is InChI=1S/C15H25N3O/c1-11(2)13(10-18(3)4)17-15(19)14(16)12-8-6-5-7-9-12/h5-9,11,13-14H,10,16H2,1-4H3,(H,17,19)/t13?,14-/m0/s1. The van der Waals surface area contributed by atoms with Crippen LogP contribution >= 0.6 is 0 Å². The van der Waals surface area contributed by atoms with Gasteiger partial charge in [-0.1, -0.05) is 44.2 Å². The minimum atomic E-state index is -0.607. The monoisotopic (exact) mass is 263 g/mol. The Labute approximate surface area is 116 Å². The second-order valence-electron chi connectivity index (χ2n) is 5.51. The minimum Gasteiger partial charge on any atom is -0.350 e. The van der Waals surface area contributed by atoms with Crippen molar-refractivity contribution in [3.63, 3.8) is 0 Å². The SMILES string of the molecule is CC(C)C(CN(C)C)NC(=O)[C@@H](N)c1ccccc1. The zero-order valence-corrected chi connectivity index (χ0v) is 12.3. The number of carbonyl (C=O) groups is 1. The molecule has 4 nitrogen and oxygen atoms in total. The molecular formula is C15H25N3O. The van der Waals surface area contributed by atoms with Gasteiger partial charge >= 0.3 is 0 Å². The van der Waals surface area contributed by atoms with Crippen molar-refractivity contribution in [2.24, 2.45) is 11.7 Å². The molecule has 4 heteroatoms. The molecule has 1 aromatic carbocycles. The quantitative estimate of drug-likeness (QED) is 0.815. The van der Waals surface area contributed by atoms with E-state index in [0.717, 1.165) is 12.1 Å². The third kappa shape index (κ3) is 5.01. The van der Waals surface area contributed by atoms with Crippen molar-refractivity contribution in [2.75, 3.05) is 20.6 Å². The molecule has 0 aliphatic heterocycles. The van der Waals surface area contributed by atoms with Crippen LogP contribution in [-0.2, 0) is 4.79 Å². The lowest BCUT2D eigenvalue weighted by Gasteiger charge is -2.27. The Hall–Kier alpha value is -1.39. The van der Waals surface area contributed by atoms with Crippen LogP contribution in [0.4, 0.5) is 0 Å². The molecule has 2 atom stereocenters. The van der Waals surface area contributed by atoms with Gasteiger partial charge in [0, 0.05) is 12.6 Å². The van der Waals surface area contributed by atoms with Gasteiger partial charge in [0.25, 0.3) is 0 Å². The van der Waals surface area contributed by atoms with Gasteiger partial charge in [0.2, 0.25) is 5.91 Å². The van der Waals surface area contributed by atoms with Gasteiger partial charge in [-0.15, -0.1) is 0 Å². The topological polar surface area (TPSA) is 58.4 Å². The van der Waals surface area contributed by atoms with Gasteiger partial charge in [-0.2, -0.15) is 0 Å². The number of hydrogen-bond acceptors (Lipinski definition) is 3. The van der Waals surface area contributed by atoms with E-state index < -0.39 is 6.04 Å². The summed E-state index contributed by atoms with van der Waals surface area (Å²) in [7, 11) is 4.00. The number of nitrogens with two attached hydrogens (primary N) is 1. The average Bonchev–Trinajstić information content (AvgIpc) is 2.37. The number of benzene rings is 1. The van der Waals surface area contributed by atoms with Gasteiger partial charge in [-0.25, -0.2) is 0 Å². The maximum atomic E-state index is 12.2. The first-order valence-corrected chi connectivity index (χ1v) is 6.67. The van der Waals surface area contributed by atoms with Crippen LogP contribution in [0.15, 0.2) is 30.3 Å². The van der Waals surface area contributed by atoms with Crippen molar-refractivity contribution in [3.05, 3.63) is 35.9 Å². The lowest BCUT2D eigenvalue weighted by molar-refractivity contribution is -0.123. The first kappa shape index (κ1) is 15.7. The maximum Gasteiger partial charge on any atom is 0.241 e. The Bertz CT molecular complexity index is 390. The van der Waals surface area contributed by atoms with E-state index in [0.29, 0.717) is 5.92 Å². The fraction of sp³-hybridized carbons (Fsp3) is 0.533. The van der Waals surface area contributed by atoms with E-state index in [1.807, 2.05) is 44.4 Å². The summed E-state index contributed by atoms with van der Waals surface area (Å²) in [6, 6.07) is 8.95. The lowest BCUT2D eigenvalue weighted by Crippen LogP contribution is -2.48. The number of amides is 1. The average molecular weight is 263 g/mol. The Morgan fingerprint density at radius 1 is 1.26 bits per heavy atom.